The zero-order valence-corrected chi connectivity index (χ0v) is 14.7. The summed E-state index contributed by atoms with van der Waals surface area (Å²) in [5.74, 6) is -1.38. The maximum Gasteiger partial charge on any atom is 0.269 e. The molecule has 0 bridgehead atoms. The lowest BCUT2D eigenvalue weighted by Gasteiger charge is -1.99. The zero-order valence-electron chi connectivity index (χ0n) is 14.7. The third-order valence-electron chi connectivity index (χ3n) is 3.33. The first kappa shape index (κ1) is 20.8. The zero-order chi connectivity index (χ0) is 21.2. The van der Waals surface area contributed by atoms with Crippen LogP contribution in [0.5, 0.6) is 0 Å². The van der Waals surface area contributed by atoms with Crippen LogP contribution >= 0.6 is 0 Å². The van der Waals surface area contributed by atoms with E-state index in [9.17, 15) is 29.8 Å². The SMILES string of the molecule is O=C(CC(=O)N/N=C/c1ccc([N+](=O)[O-])cc1)N/N=C/c1ccc([N+](=O)[O-])cc1. The summed E-state index contributed by atoms with van der Waals surface area (Å²) in [6.45, 7) is 0. The highest BCUT2D eigenvalue weighted by molar-refractivity contribution is 5.97. The predicted molar refractivity (Wildman–Crippen MR) is 102 cm³/mol. The minimum Gasteiger partial charge on any atom is -0.273 e. The fraction of sp³-hybridized carbons (Fsp3) is 0.0588. The van der Waals surface area contributed by atoms with Crippen molar-refractivity contribution >= 4 is 35.6 Å². The highest BCUT2D eigenvalue weighted by Gasteiger charge is 2.08. The molecular formula is C17H14N6O6. The molecular weight excluding hydrogens is 384 g/mol. The molecule has 29 heavy (non-hydrogen) atoms. The Kier molecular flexibility index (Phi) is 7.19. The molecule has 12 heteroatoms. The lowest BCUT2D eigenvalue weighted by Crippen LogP contribution is -2.27. The summed E-state index contributed by atoms with van der Waals surface area (Å²) in [7, 11) is 0. The molecule has 0 heterocycles. The first-order valence-electron chi connectivity index (χ1n) is 7.98. The maximum atomic E-state index is 11.6. The van der Waals surface area contributed by atoms with E-state index in [1.54, 1.807) is 0 Å². The van der Waals surface area contributed by atoms with E-state index >= 15 is 0 Å². The quantitative estimate of drug-likeness (QED) is 0.295. The molecule has 0 aliphatic carbocycles. The standard InChI is InChI=1S/C17H14N6O6/c24-16(20-18-10-12-1-5-14(6-2-12)22(26)27)9-17(25)21-19-11-13-3-7-15(8-4-13)23(28)29/h1-8,10-11H,9H2,(H,20,24)(H,21,25)/b18-10+,19-11+. The monoisotopic (exact) mass is 398 g/mol. The number of carbonyl (C=O) groups excluding carboxylic acids is 2. The van der Waals surface area contributed by atoms with Gasteiger partial charge in [-0.25, -0.2) is 10.9 Å². The molecule has 0 atom stereocenters. The molecule has 0 fully saturated rings. The molecule has 0 aliphatic heterocycles. The topological polar surface area (TPSA) is 169 Å². The molecule has 0 radical (unpaired) electrons. The van der Waals surface area contributed by atoms with E-state index < -0.39 is 28.1 Å². The van der Waals surface area contributed by atoms with Crippen molar-refractivity contribution in [3.63, 3.8) is 0 Å². The molecule has 2 N–H and O–H groups in total. The van der Waals surface area contributed by atoms with Crippen molar-refractivity contribution in [2.75, 3.05) is 0 Å². The number of hydrogen-bond donors (Lipinski definition) is 2. The van der Waals surface area contributed by atoms with Crippen LogP contribution in [0.1, 0.15) is 17.5 Å². The Bertz CT molecular complexity index is 889. The van der Waals surface area contributed by atoms with Crippen LogP contribution in [0.3, 0.4) is 0 Å². The van der Waals surface area contributed by atoms with Crippen LogP contribution in [0.4, 0.5) is 11.4 Å². The third kappa shape index (κ3) is 6.97. The average molecular weight is 398 g/mol. The van der Waals surface area contributed by atoms with Gasteiger partial charge in [-0.1, -0.05) is 0 Å². The largest absolute Gasteiger partial charge is 0.273 e. The van der Waals surface area contributed by atoms with Gasteiger partial charge in [0.05, 0.1) is 22.3 Å². The lowest BCUT2D eigenvalue weighted by molar-refractivity contribution is -0.385. The number of benzene rings is 2. The Labute approximate surface area is 163 Å². The Morgan fingerprint density at radius 1 is 0.759 bits per heavy atom. The van der Waals surface area contributed by atoms with Crippen molar-refractivity contribution in [3.8, 4) is 0 Å². The average Bonchev–Trinajstić information content (AvgIpc) is 2.68. The molecule has 0 spiro atoms. The summed E-state index contributed by atoms with van der Waals surface area (Å²) in [6.07, 6.45) is 2.01. The molecule has 2 aromatic rings. The second kappa shape index (κ2) is 10.0. The van der Waals surface area contributed by atoms with Gasteiger partial charge in [0.1, 0.15) is 6.42 Å². The number of amides is 2. The first-order chi connectivity index (χ1) is 13.8. The number of nitro benzene ring substituents is 2. The second-order valence-corrected chi connectivity index (χ2v) is 5.46. The first-order valence-corrected chi connectivity index (χ1v) is 7.98. The van der Waals surface area contributed by atoms with Gasteiger partial charge in [0.2, 0.25) is 11.8 Å². The van der Waals surface area contributed by atoms with Gasteiger partial charge in [-0.05, 0) is 35.4 Å². The molecule has 0 aliphatic rings. The van der Waals surface area contributed by atoms with Crippen LogP contribution in [-0.2, 0) is 9.59 Å². The fourth-order valence-electron chi connectivity index (χ4n) is 1.95. The lowest BCUT2D eigenvalue weighted by atomic mass is 10.2. The van der Waals surface area contributed by atoms with E-state index in [4.69, 9.17) is 0 Å². The number of nitro groups is 2. The minimum absolute atomic E-state index is 0.0721. The van der Waals surface area contributed by atoms with Gasteiger partial charge < -0.3 is 0 Å². The van der Waals surface area contributed by atoms with E-state index in [0.717, 1.165) is 0 Å². The van der Waals surface area contributed by atoms with Gasteiger partial charge in [0.25, 0.3) is 11.4 Å². The molecule has 0 aromatic heterocycles. The Hall–Kier alpha value is -4.48. The number of hydrogen-bond acceptors (Lipinski definition) is 8. The van der Waals surface area contributed by atoms with Crippen LogP contribution < -0.4 is 10.9 Å². The summed E-state index contributed by atoms with van der Waals surface area (Å²) in [5, 5.41) is 28.4. The van der Waals surface area contributed by atoms with Crippen LogP contribution in [0.2, 0.25) is 0 Å². The third-order valence-corrected chi connectivity index (χ3v) is 3.33. The van der Waals surface area contributed by atoms with E-state index in [2.05, 4.69) is 21.1 Å². The molecule has 0 saturated heterocycles. The smallest absolute Gasteiger partial charge is 0.269 e. The summed E-state index contributed by atoms with van der Waals surface area (Å²) < 4.78 is 0. The summed E-state index contributed by atoms with van der Waals surface area (Å²) in [4.78, 5) is 43.3. The van der Waals surface area contributed by atoms with Crippen LogP contribution in [0, 0.1) is 20.2 Å². The minimum atomic E-state index is -0.689. The molecule has 0 unspecified atom stereocenters. The van der Waals surface area contributed by atoms with Gasteiger partial charge in [-0.3, -0.25) is 29.8 Å². The summed E-state index contributed by atoms with van der Waals surface area (Å²) in [5.41, 5.74) is 5.19. The van der Waals surface area contributed by atoms with Crippen molar-refractivity contribution in [3.05, 3.63) is 79.9 Å². The fourth-order valence-corrected chi connectivity index (χ4v) is 1.95. The Morgan fingerprint density at radius 2 is 1.10 bits per heavy atom. The summed E-state index contributed by atoms with van der Waals surface area (Å²) >= 11 is 0. The van der Waals surface area contributed by atoms with E-state index in [1.165, 1.54) is 61.0 Å². The number of nitrogens with zero attached hydrogens (tertiary/aromatic N) is 4. The van der Waals surface area contributed by atoms with E-state index in [-0.39, 0.29) is 11.4 Å². The van der Waals surface area contributed by atoms with Gasteiger partial charge in [-0.2, -0.15) is 10.2 Å². The van der Waals surface area contributed by atoms with Gasteiger partial charge >= 0.3 is 0 Å². The predicted octanol–water partition coefficient (Wildman–Crippen LogP) is 1.49. The van der Waals surface area contributed by atoms with E-state index in [0.29, 0.717) is 11.1 Å². The van der Waals surface area contributed by atoms with Crippen molar-refractivity contribution in [1.82, 2.24) is 10.9 Å². The number of hydrazone groups is 2. The molecule has 2 rings (SSSR count). The Balaban J connectivity index is 1.76. The van der Waals surface area contributed by atoms with Gasteiger partial charge in [0.15, 0.2) is 0 Å². The molecule has 12 nitrogen and oxygen atoms in total. The molecule has 148 valence electrons. The van der Waals surface area contributed by atoms with Gasteiger partial charge in [-0.15, -0.1) is 0 Å². The van der Waals surface area contributed by atoms with Crippen molar-refractivity contribution < 1.29 is 19.4 Å². The molecule has 0 saturated carbocycles. The van der Waals surface area contributed by atoms with Crippen LogP contribution in [-0.4, -0.2) is 34.1 Å². The maximum absolute atomic E-state index is 11.6. The summed E-state index contributed by atoms with van der Waals surface area (Å²) in [6, 6.07) is 11.0. The second-order valence-electron chi connectivity index (χ2n) is 5.46. The number of rotatable bonds is 8. The Morgan fingerprint density at radius 3 is 1.41 bits per heavy atom. The normalized spacial score (nSPS) is 10.8. The number of nitrogens with one attached hydrogen (secondary N) is 2. The van der Waals surface area contributed by atoms with Gasteiger partial charge in [0, 0.05) is 24.3 Å². The van der Waals surface area contributed by atoms with Crippen LogP contribution in [0.15, 0.2) is 58.7 Å². The highest BCUT2D eigenvalue weighted by Crippen LogP contribution is 2.11. The number of non-ortho nitro benzene ring substituents is 2. The number of carbonyl (C=O) groups is 2. The van der Waals surface area contributed by atoms with Crippen molar-refractivity contribution in [2.24, 2.45) is 10.2 Å². The van der Waals surface area contributed by atoms with Crippen LogP contribution in [0.25, 0.3) is 0 Å². The van der Waals surface area contributed by atoms with Crippen molar-refractivity contribution in [1.29, 1.82) is 0 Å². The van der Waals surface area contributed by atoms with Crippen molar-refractivity contribution in [2.45, 2.75) is 6.42 Å². The highest BCUT2D eigenvalue weighted by atomic mass is 16.6. The van der Waals surface area contributed by atoms with E-state index in [1.807, 2.05) is 0 Å². The molecule has 2 aromatic carbocycles. The molecule has 2 amide bonds.